The van der Waals surface area contributed by atoms with Gasteiger partial charge in [-0.25, -0.2) is 0 Å². The maximum atomic E-state index is 12.2. The molecule has 1 atom stereocenters. The molecule has 2 rings (SSSR count). The lowest BCUT2D eigenvalue weighted by molar-refractivity contribution is -0.126. The van der Waals surface area contributed by atoms with E-state index in [4.69, 9.17) is 5.73 Å². The highest BCUT2D eigenvalue weighted by atomic mass is 16.2. The summed E-state index contributed by atoms with van der Waals surface area (Å²) in [6.45, 7) is 3.44. The molecule has 108 valence electrons. The van der Waals surface area contributed by atoms with Crippen LogP contribution in [0.4, 0.5) is 0 Å². The first kappa shape index (κ1) is 14.3. The fourth-order valence-electron chi connectivity index (χ4n) is 3.07. The minimum atomic E-state index is -0.373. The number of piperidine rings is 1. The van der Waals surface area contributed by atoms with Crippen LogP contribution in [-0.2, 0) is 9.59 Å². The van der Waals surface area contributed by atoms with Crippen LogP contribution in [0, 0.1) is 0 Å². The molecule has 0 aromatic heterocycles. The lowest BCUT2D eigenvalue weighted by Crippen LogP contribution is -2.51. The molecule has 2 heterocycles. The standard InChI is InChI=1S/C13H24N4O2/c14-12(18)5-8-16-13(19)11-2-1-9-17(11)10-3-6-15-7-4-10/h10-11,15H,1-9H2,(H2,14,18)(H,16,19). The Morgan fingerprint density at radius 1 is 1.26 bits per heavy atom. The van der Waals surface area contributed by atoms with Crippen LogP contribution in [0.15, 0.2) is 0 Å². The Balaban J connectivity index is 1.83. The highest BCUT2D eigenvalue weighted by Crippen LogP contribution is 2.24. The number of primary amides is 1. The zero-order chi connectivity index (χ0) is 13.7. The fourth-order valence-corrected chi connectivity index (χ4v) is 3.07. The minimum absolute atomic E-state index is 0.0176. The first-order chi connectivity index (χ1) is 9.18. The summed E-state index contributed by atoms with van der Waals surface area (Å²) in [7, 11) is 0. The molecule has 2 aliphatic rings. The molecule has 0 radical (unpaired) electrons. The number of amides is 2. The number of likely N-dealkylation sites (tertiary alicyclic amines) is 1. The Morgan fingerprint density at radius 2 is 2.00 bits per heavy atom. The van der Waals surface area contributed by atoms with Crippen molar-refractivity contribution in [1.29, 1.82) is 0 Å². The molecular weight excluding hydrogens is 244 g/mol. The van der Waals surface area contributed by atoms with Gasteiger partial charge >= 0.3 is 0 Å². The summed E-state index contributed by atoms with van der Waals surface area (Å²) in [5, 5.41) is 6.18. The van der Waals surface area contributed by atoms with E-state index in [-0.39, 0.29) is 24.3 Å². The van der Waals surface area contributed by atoms with Crippen molar-refractivity contribution in [3.63, 3.8) is 0 Å². The van der Waals surface area contributed by atoms with Crippen molar-refractivity contribution in [2.45, 2.75) is 44.2 Å². The molecule has 0 bridgehead atoms. The Kier molecular flexibility index (Phi) is 5.15. The highest BCUT2D eigenvalue weighted by Gasteiger charge is 2.35. The number of carbonyl (C=O) groups is 2. The van der Waals surface area contributed by atoms with E-state index in [9.17, 15) is 9.59 Å². The zero-order valence-corrected chi connectivity index (χ0v) is 11.4. The van der Waals surface area contributed by atoms with Gasteiger partial charge in [0.2, 0.25) is 11.8 Å². The molecule has 0 spiro atoms. The van der Waals surface area contributed by atoms with Crippen LogP contribution >= 0.6 is 0 Å². The fraction of sp³-hybridized carbons (Fsp3) is 0.846. The SMILES string of the molecule is NC(=O)CCNC(=O)C1CCCN1C1CCNCC1. The Labute approximate surface area is 114 Å². The van der Waals surface area contributed by atoms with Crippen LogP contribution in [0.2, 0.25) is 0 Å². The largest absolute Gasteiger partial charge is 0.370 e. The number of nitrogens with zero attached hydrogens (tertiary/aromatic N) is 1. The summed E-state index contributed by atoms with van der Waals surface area (Å²) in [6, 6.07) is 0.506. The number of nitrogens with two attached hydrogens (primary N) is 1. The van der Waals surface area contributed by atoms with Crippen LogP contribution in [-0.4, -0.2) is 55.0 Å². The van der Waals surface area contributed by atoms with Gasteiger partial charge in [0.1, 0.15) is 0 Å². The average Bonchev–Trinajstić information content (AvgIpc) is 2.88. The Bertz CT molecular complexity index is 329. The number of hydrogen-bond acceptors (Lipinski definition) is 4. The molecule has 0 saturated carbocycles. The van der Waals surface area contributed by atoms with Crippen molar-refractivity contribution in [3.05, 3.63) is 0 Å². The van der Waals surface area contributed by atoms with E-state index in [0.29, 0.717) is 12.6 Å². The third kappa shape index (κ3) is 3.91. The van der Waals surface area contributed by atoms with Crippen LogP contribution in [0.25, 0.3) is 0 Å². The predicted octanol–water partition coefficient (Wildman–Crippen LogP) is -0.806. The van der Waals surface area contributed by atoms with Gasteiger partial charge in [0.15, 0.2) is 0 Å². The van der Waals surface area contributed by atoms with Gasteiger partial charge in [-0.15, -0.1) is 0 Å². The second-order valence-electron chi connectivity index (χ2n) is 5.38. The third-order valence-corrected chi connectivity index (χ3v) is 4.05. The molecule has 4 N–H and O–H groups in total. The van der Waals surface area contributed by atoms with Crippen LogP contribution in [0.5, 0.6) is 0 Å². The van der Waals surface area contributed by atoms with Crippen molar-refractivity contribution >= 4 is 11.8 Å². The van der Waals surface area contributed by atoms with Gasteiger partial charge in [-0.1, -0.05) is 0 Å². The van der Waals surface area contributed by atoms with Crippen LogP contribution < -0.4 is 16.4 Å². The number of rotatable bonds is 5. The van der Waals surface area contributed by atoms with Crippen molar-refractivity contribution in [2.24, 2.45) is 5.73 Å². The number of hydrogen-bond donors (Lipinski definition) is 3. The van der Waals surface area contributed by atoms with Crippen molar-refractivity contribution in [2.75, 3.05) is 26.2 Å². The van der Waals surface area contributed by atoms with E-state index in [0.717, 1.165) is 45.3 Å². The Morgan fingerprint density at radius 3 is 2.68 bits per heavy atom. The summed E-state index contributed by atoms with van der Waals surface area (Å²) in [4.78, 5) is 25.2. The van der Waals surface area contributed by atoms with E-state index in [1.807, 2.05) is 0 Å². The van der Waals surface area contributed by atoms with Gasteiger partial charge in [-0.05, 0) is 45.3 Å². The quantitative estimate of drug-likeness (QED) is 0.609. The van der Waals surface area contributed by atoms with Gasteiger partial charge in [0.25, 0.3) is 0 Å². The van der Waals surface area contributed by atoms with Crippen LogP contribution in [0.1, 0.15) is 32.1 Å². The summed E-state index contributed by atoms with van der Waals surface area (Å²) in [5.74, 6) is -0.320. The molecule has 6 nitrogen and oxygen atoms in total. The molecule has 2 saturated heterocycles. The molecule has 2 aliphatic heterocycles. The molecule has 2 amide bonds. The molecule has 0 aliphatic carbocycles. The molecule has 2 fully saturated rings. The van der Waals surface area contributed by atoms with E-state index in [1.165, 1.54) is 0 Å². The van der Waals surface area contributed by atoms with Gasteiger partial charge in [0.05, 0.1) is 6.04 Å². The molecule has 19 heavy (non-hydrogen) atoms. The Hall–Kier alpha value is -1.14. The maximum absolute atomic E-state index is 12.2. The summed E-state index contributed by atoms with van der Waals surface area (Å²) in [5.41, 5.74) is 5.07. The lowest BCUT2D eigenvalue weighted by Gasteiger charge is -2.35. The maximum Gasteiger partial charge on any atom is 0.237 e. The second-order valence-corrected chi connectivity index (χ2v) is 5.38. The lowest BCUT2D eigenvalue weighted by atomic mass is 10.0. The summed E-state index contributed by atoms with van der Waals surface area (Å²) in [6.07, 6.45) is 4.45. The smallest absolute Gasteiger partial charge is 0.237 e. The number of nitrogens with one attached hydrogen (secondary N) is 2. The first-order valence-electron chi connectivity index (χ1n) is 7.21. The van der Waals surface area contributed by atoms with E-state index < -0.39 is 0 Å². The van der Waals surface area contributed by atoms with Gasteiger partial charge in [0, 0.05) is 19.0 Å². The van der Waals surface area contributed by atoms with Crippen molar-refractivity contribution in [3.8, 4) is 0 Å². The van der Waals surface area contributed by atoms with Crippen LogP contribution in [0.3, 0.4) is 0 Å². The van der Waals surface area contributed by atoms with E-state index >= 15 is 0 Å². The number of carbonyl (C=O) groups excluding carboxylic acids is 2. The first-order valence-corrected chi connectivity index (χ1v) is 7.21. The van der Waals surface area contributed by atoms with Crippen molar-refractivity contribution in [1.82, 2.24) is 15.5 Å². The van der Waals surface area contributed by atoms with Gasteiger partial charge in [-0.2, -0.15) is 0 Å². The van der Waals surface area contributed by atoms with E-state index in [2.05, 4.69) is 15.5 Å². The molecule has 0 aromatic rings. The molecule has 1 unspecified atom stereocenters. The minimum Gasteiger partial charge on any atom is -0.370 e. The molecule has 6 heteroatoms. The van der Waals surface area contributed by atoms with E-state index in [1.54, 1.807) is 0 Å². The summed E-state index contributed by atoms with van der Waals surface area (Å²) >= 11 is 0. The topological polar surface area (TPSA) is 87.5 Å². The monoisotopic (exact) mass is 268 g/mol. The van der Waals surface area contributed by atoms with Gasteiger partial charge < -0.3 is 16.4 Å². The molecular formula is C13H24N4O2. The summed E-state index contributed by atoms with van der Waals surface area (Å²) < 4.78 is 0. The predicted molar refractivity (Wildman–Crippen MR) is 72.4 cm³/mol. The highest BCUT2D eigenvalue weighted by molar-refractivity contribution is 5.82. The second kappa shape index (κ2) is 6.86. The van der Waals surface area contributed by atoms with Gasteiger partial charge in [-0.3, -0.25) is 14.5 Å². The third-order valence-electron chi connectivity index (χ3n) is 4.05. The van der Waals surface area contributed by atoms with Crippen molar-refractivity contribution < 1.29 is 9.59 Å². The average molecular weight is 268 g/mol. The normalized spacial score (nSPS) is 25.4. The molecule has 0 aromatic carbocycles. The zero-order valence-electron chi connectivity index (χ0n) is 11.4.